The van der Waals surface area contributed by atoms with Gasteiger partial charge in [0, 0.05) is 56.6 Å². The Morgan fingerprint density at radius 2 is 2.03 bits per heavy atom. The van der Waals surface area contributed by atoms with E-state index in [1.807, 2.05) is 46.3 Å². The van der Waals surface area contributed by atoms with E-state index in [-0.39, 0.29) is 17.9 Å². The third-order valence-electron chi connectivity index (χ3n) is 6.14. The molecule has 7 heteroatoms. The summed E-state index contributed by atoms with van der Waals surface area (Å²) in [6.45, 7) is 3.05. The Bertz CT molecular complexity index is 834. The minimum Gasteiger partial charge on any atom is -0.497 e. The van der Waals surface area contributed by atoms with Crippen LogP contribution in [0.25, 0.3) is 0 Å². The van der Waals surface area contributed by atoms with Crippen LogP contribution in [-0.4, -0.2) is 64.0 Å². The van der Waals surface area contributed by atoms with Gasteiger partial charge in [0.15, 0.2) is 0 Å². The molecular formula is C22H28N4O3. The Balaban J connectivity index is 1.36. The lowest BCUT2D eigenvalue weighted by Crippen LogP contribution is -2.57. The monoisotopic (exact) mass is 396 g/mol. The van der Waals surface area contributed by atoms with Crippen molar-refractivity contribution in [1.82, 2.24) is 19.4 Å². The Morgan fingerprint density at radius 3 is 2.76 bits per heavy atom. The number of rotatable bonds is 6. The molecule has 1 aromatic carbocycles. The zero-order valence-electron chi connectivity index (χ0n) is 16.9. The molecule has 4 rings (SSSR count). The molecule has 2 amide bonds. The number of fused-ring (bicyclic) bond motifs is 1. The molecule has 0 spiro atoms. The highest BCUT2D eigenvalue weighted by Gasteiger charge is 2.40. The molecule has 2 atom stereocenters. The molecular weight excluding hydrogens is 368 g/mol. The number of imidazole rings is 1. The van der Waals surface area contributed by atoms with Gasteiger partial charge in [-0.05, 0) is 49.4 Å². The summed E-state index contributed by atoms with van der Waals surface area (Å²) in [5.41, 5.74) is 0.688. The van der Waals surface area contributed by atoms with Gasteiger partial charge >= 0.3 is 0 Å². The standard InChI is InChI=1S/C22H28N4O3/c1-29-19-6-3-17(4-7-19)22(28)25-13-9-20-18(15-25)5-8-21(27)26(20)12-2-11-24-14-10-23-16-24/h3-4,6-7,10,14,16,18,20H,2,5,8-9,11-13,15H2,1H3/t18-,20+/m1/s1. The van der Waals surface area contributed by atoms with Crippen molar-refractivity contribution in [2.75, 3.05) is 26.7 Å². The SMILES string of the molecule is COc1ccc(C(=O)N2CC[C@H]3[C@H](CCC(=O)N3CCCn3ccnc3)C2)cc1. The van der Waals surface area contributed by atoms with Crippen LogP contribution in [0, 0.1) is 5.92 Å². The van der Waals surface area contributed by atoms with Crippen LogP contribution in [0.5, 0.6) is 5.75 Å². The summed E-state index contributed by atoms with van der Waals surface area (Å²) in [7, 11) is 1.62. The molecule has 0 aliphatic carbocycles. The van der Waals surface area contributed by atoms with Gasteiger partial charge in [0.1, 0.15) is 5.75 Å². The fourth-order valence-electron chi connectivity index (χ4n) is 4.59. The molecule has 0 unspecified atom stereocenters. The third-order valence-corrected chi connectivity index (χ3v) is 6.14. The van der Waals surface area contributed by atoms with Crippen LogP contribution in [0.1, 0.15) is 36.0 Å². The van der Waals surface area contributed by atoms with Crippen LogP contribution in [0.15, 0.2) is 43.0 Å². The number of ether oxygens (including phenoxy) is 1. The second-order valence-electron chi connectivity index (χ2n) is 7.88. The first-order valence-corrected chi connectivity index (χ1v) is 10.3. The van der Waals surface area contributed by atoms with Crippen molar-refractivity contribution >= 4 is 11.8 Å². The van der Waals surface area contributed by atoms with Gasteiger partial charge in [-0.25, -0.2) is 4.98 Å². The zero-order valence-corrected chi connectivity index (χ0v) is 16.9. The molecule has 0 saturated carbocycles. The van der Waals surface area contributed by atoms with Crippen molar-refractivity contribution < 1.29 is 14.3 Å². The predicted octanol–water partition coefficient (Wildman–Crippen LogP) is 2.44. The summed E-state index contributed by atoms with van der Waals surface area (Å²) >= 11 is 0. The number of aryl methyl sites for hydroxylation is 1. The van der Waals surface area contributed by atoms with Gasteiger partial charge in [-0.15, -0.1) is 0 Å². The predicted molar refractivity (Wildman–Crippen MR) is 109 cm³/mol. The van der Waals surface area contributed by atoms with Gasteiger partial charge in [-0.3, -0.25) is 9.59 Å². The van der Waals surface area contributed by atoms with E-state index in [2.05, 4.69) is 9.88 Å². The molecule has 29 heavy (non-hydrogen) atoms. The van der Waals surface area contributed by atoms with Crippen LogP contribution in [-0.2, 0) is 11.3 Å². The zero-order chi connectivity index (χ0) is 20.2. The second-order valence-corrected chi connectivity index (χ2v) is 7.88. The van der Waals surface area contributed by atoms with Gasteiger partial charge in [0.25, 0.3) is 5.91 Å². The van der Waals surface area contributed by atoms with Gasteiger partial charge in [0.05, 0.1) is 13.4 Å². The van der Waals surface area contributed by atoms with E-state index in [1.54, 1.807) is 13.3 Å². The topological polar surface area (TPSA) is 67.7 Å². The second kappa shape index (κ2) is 8.68. The maximum Gasteiger partial charge on any atom is 0.253 e. The molecule has 2 aliphatic heterocycles. The van der Waals surface area contributed by atoms with Crippen LogP contribution in [0.3, 0.4) is 0 Å². The normalized spacial score (nSPS) is 21.8. The van der Waals surface area contributed by atoms with Gasteiger partial charge in [0.2, 0.25) is 5.91 Å². The average Bonchev–Trinajstić information content (AvgIpc) is 3.28. The summed E-state index contributed by atoms with van der Waals surface area (Å²) in [5.74, 6) is 1.43. The summed E-state index contributed by atoms with van der Waals surface area (Å²) in [6, 6.07) is 7.53. The number of carbonyl (C=O) groups is 2. The van der Waals surface area contributed by atoms with Crippen LogP contribution >= 0.6 is 0 Å². The maximum atomic E-state index is 12.9. The Hall–Kier alpha value is -2.83. The number of benzene rings is 1. The van der Waals surface area contributed by atoms with Crippen LogP contribution < -0.4 is 4.74 Å². The van der Waals surface area contributed by atoms with Crippen molar-refractivity contribution in [3.63, 3.8) is 0 Å². The van der Waals surface area contributed by atoms with Crippen molar-refractivity contribution in [3.8, 4) is 5.75 Å². The lowest BCUT2D eigenvalue weighted by atomic mass is 9.83. The van der Waals surface area contributed by atoms with E-state index in [0.29, 0.717) is 24.4 Å². The van der Waals surface area contributed by atoms with Crippen LogP contribution in [0.4, 0.5) is 0 Å². The Morgan fingerprint density at radius 1 is 1.21 bits per heavy atom. The molecule has 0 radical (unpaired) electrons. The molecule has 2 saturated heterocycles. The van der Waals surface area contributed by atoms with Crippen molar-refractivity contribution in [1.29, 1.82) is 0 Å². The number of likely N-dealkylation sites (tertiary alicyclic amines) is 2. The number of piperidine rings is 2. The molecule has 0 bridgehead atoms. The van der Waals surface area contributed by atoms with Crippen LogP contribution in [0.2, 0.25) is 0 Å². The minimum absolute atomic E-state index is 0.0645. The van der Waals surface area contributed by atoms with E-state index in [4.69, 9.17) is 4.74 Å². The molecule has 154 valence electrons. The fourth-order valence-corrected chi connectivity index (χ4v) is 4.59. The average molecular weight is 396 g/mol. The van der Waals surface area contributed by atoms with Gasteiger partial charge in [-0.2, -0.15) is 0 Å². The molecule has 1 aromatic heterocycles. The highest BCUT2D eigenvalue weighted by molar-refractivity contribution is 5.94. The number of aromatic nitrogens is 2. The molecule has 2 aliphatic rings. The first kappa shape index (κ1) is 19.5. The summed E-state index contributed by atoms with van der Waals surface area (Å²) in [5, 5.41) is 0. The quantitative estimate of drug-likeness (QED) is 0.752. The number of amides is 2. The smallest absolute Gasteiger partial charge is 0.253 e. The number of nitrogens with zero attached hydrogens (tertiary/aromatic N) is 4. The first-order valence-electron chi connectivity index (χ1n) is 10.3. The highest BCUT2D eigenvalue weighted by atomic mass is 16.5. The maximum absolute atomic E-state index is 12.9. The van der Waals surface area contributed by atoms with Gasteiger partial charge in [-0.1, -0.05) is 0 Å². The van der Waals surface area contributed by atoms with Crippen molar-refractivity contribution in [2.45, 2.75) is 38.3 Å². The van der Waals surface area contributed by atoms with E-state index >= 15 is 0 Å². The van der Waals surface area contributed by atoms with E-state index in [0.717, 1.165) is 44.6 Å². The first-order chi connectivity index (χ1) is 14.2. The largest absolute Gasteiger partial charge is 0.497 e. The molecule has 2 fully saturated rings. The molecule has 3 heterocycles. The van der Waals surface area contributed by atoms with Crippen molar-refractivity contribution in [2.24, 2.45) is 5.92 Å². The van der Waals surface area contributed by atoms with E-state index in [9.17, 15) is 9.59 Å². The number of hydrogen-bond donors (Lipinski definition) is 0. The fraction of sp³-hybridized carbons (Fsp3) is 0.500. The lowest BCUT2D eigenvalue weighted by Gasteiger charge is -2.47. The molecule has 7 nitrogen and oxygen atoms in total. The number of methoxy groups -OCH3 is 1. The van der Waals surface area contributed by atoms with Crippen molar-refractivity contribution in [3.05, 3.63) is 48.5 Å². The molecule has 0 N–H and O–H groups in total. The summed E-state index contributed by atoms with van der Waals surface area (Å²) in [4.78, 5) is 33.6. The van der Waals surface area contributed by atoms with E-state index in [1.165, 1.54) is 0 Å². The number of hydrogen-bond acceptors (Lipinski definition) is 4. The van der Waals surface area contributed by atoms with Gasteiger partial charge < -0.3 is 19.1 Å². The van der Waals surface area contributed by atoms with E-state index < -0.39 is 0 Å². The molecule has 2 aromatic rings. The highest BCUT2D eigenvalue weighted by Crippen LogP contribution is 2.32. The minimum atomic E-state index is 0.0645. The summed E-state index contributed by atoms with van der Waals surface area (Å²) < 4.78 is 7.22. The summed E-state index contributed by atoms with van der Waals surface area (Å²) in [6.07, 6.45) is 8.75. The number of carbonyl (C=O) groups excluding carboxylic acids is 2. The Labute approximate surface area is 171 Å². The Kier molecular flexibility index (Phi) is 5.83. The third kappa shape index (κ3) is 4.28. The lowest BCUT2D eigenvalue weighted by molar-refractivity contribution is -0.140.